The van der Waals surface area contributed by atoms with E-state index in [0.29, 0.717) is 16.7 Å². The molecule has 0 aliphatic carbocycles. The molecule has 2 aromatic rings. The van der Waals surface area contributed by atoms with Gasteiger partial charge in [0.25, 0.3) is 0 Å². The predicted octanol–water partition coefficient (Wildman–Crippen LogP) is 4.18. The minimum atomic E-state index is -0.420. The Morgan fingerprint density at radius 1 is 1.20 bits per heavy atom. The number of aromatic nitrogens is 2. The molecular weight excluding hydrogens is 279 g/mol. The second-order valence-corrected chi connectivity index (χ2v) is 5.02. The van der Waals surface area contributed by atoms with E-state index in [1.807, 2.05) is 13.8 Å². The van der Waals surface area contributed by atoms with Gasteiger partial charge in [-0.15, -0.1) is 0 Å². The van der Waals surface area contributed by atoms with Crippen molar-refractivity contribution in [1.82, 2.24) is 9.97 Å². The van der Waals surface area contributed by atoms with Gasteiger partial charge in [0.05, 0.1) is 10.7 Å². The third-order valence-corrected chi connectivity index (χ3v) is 3.22. The van der Waals surface area contributed by atoms with Gasteiger partial charge in [0.1, 0.15) is 23.8 Å². The lowest BCUT2D eigenvalue weighted by atomic mass is 10.0. The average Bonchev–Trinajstić information content (AvgIpc) is 2.42. The van der Waals surface area contributed by atoms with Crippen LogP contribution in [-0.4, -0.2) is 17.0 Å². The number of para-hydroxylation sites is 1. The number of halogens is 2. The molecule has 0 amide bonds. The monoisotopic (exact) mass is 294 g/mol. The maximum absolute atomic E-state index is 13.8. The first-order valence-corrected chi connectivity index (χ1v) is 6.66. The normalized spacial score (nSPS) is 10.7. The Morgan fingerprint density at radius 2 is 1.90 bits per heavy atom. The predicted molar refractivity (Wildman–Crippen MR) is 80.4 cm³/mol. The highest BCUT2D eigenvalue weighted by atomic mass is 35.5. The molecule has 0 fully saturated rings. The minimum absolute atomic E-state index is 0.173. The van der Waals surface area contributed by atoms with Gasteiger partial charge in [-0.1, -0.05) is 31.5 Å². The van der Waals surface area contributed by atoms with Gasteiger partial charge in [-0.25, -0.2) is 14.4 Å². The molecule has 0 saturated heterocycles. The van der Waals surface area contributed by atoms with Gasteiger partial charge in [0.15, 0.2) is 0 Å². The second-order valence-electron chi connectivity index (χ2n) is 4.61. The first kappa shape index (κ1) is 14.5. The molecule has 0 atom stereocenters. The first-order valence-electron chi connectivity index (χ1n) is 6.28. The second kappa shape index (κ2) is 6.05. The Kier molecular flexibility index (Phi) is 4.39. The molecule has 1 aromatic carbocycles. The molecule has 0 aliphatic rings. The van der Waals surface area contributed by atoms with Crippen LogP contribution in [0, 0.1) is 5.82 Å². The van der Waals surface area contributed by atoms with Crippen LogP contribution in [0.5, 0.6) is 0 Å². The summed E-state index contributed by atoms with van der Waals surface area (Å²) in [5, 5.41) is 6.29. The summed E-state index contributed by atoms with van der Waals surface area (Å²) in [7, 11) is 1.79. The third-order valence-electron chi connectivity index (χ3n) is 2.90. The van der Waals surface area contributed by atoms with Gasteiger partial charge in [-0.2, -0.15) is 0 Å². The van der Waals surface area contributed by atoms with Gasteiger partial charge >= 0.3 is 0 Å². The molecular formula is C14H16ClFN4. The van der Waals surface area contributed by atoms with E-state index >= 15 is 0 Å². The lowest BCUT2D eigenvalue weighted by molar-refractivity contribution is 0.631. The SMILES string of the molecule is CNc1ncnc(Nc2c(F)cccc2Cl)c1C(C)C. The Hall–Kier alpha value is -1.88. The number of anilines is 3. The number of nitrogens with zero attached hydrogens (tertiary/aromatic N) is 2. The maximum atomic E-state index is 13.8. The zero-order valence-corrected chi connectivity index (χ0v) is 12.3. The van der Waals surface area contributed by atoms with Gasteiger partial charge in [-0.05, 0) is 18.1 Å². The van der Waals surface area contributed by atoms with Crippen molar-refractivity contribution in [2.45, 2.75) is 19.8 Å². The summed E-state index contributed by atoms with van der Waals surface area (Å²) < 4.78 is 13.8. The average molecular weight is 295 g/mol. The van der Waals surface area contributed by atoms with Crippen molar-refractivity contribution in [2.24, 2.45) is 0 Å². The summed E-state index contributed by atoms with van der Waals surface area (Å²) in [5.41, 5.74) is 1.10. The lowest BCUT2D eigenvalue weighted by Gasteiger charge is -2.17. The number of nitrogens with one attached hydrogen (secondary N) is 2. The fourth-order valence-corrected chi connectivity index (χ4v) is 2.19. The standard InChI is InChI=1S/C14H16ClFN4/c1-8(2)11-13(17-3)18-7-19-14(11)20-12-9(15)5-4-6-10(12)16/h4-8H,1-3H3,(H2,17,18,19,20). The molecule has 4 nitrogen and oxygen atoms in total. The molecule has 0 radical (unpaired) electrons. The number of hydrogen-bond donors (Lipinski definition) is 2. The van der Waals surface area contributed by atoms with Crippen LogP contribution in [0.25, 0.3) is 0 Å². The Bertz CT molecular complexity index is 596. The third kappa shape index (κ3) is 2.82. The molecule has 0 unspecified atom stereocenters. The van der Waals surface area contributed by atoms with Crippen LogP contribution in [0.2, 0.25) is 5.02 Å². The molecule has 1 aromatic heterocycles. The van der Waals surface area contributed by atoms with Crippen molar-refractivity contribution in [3.8, 4) is 0 Å². The van der Waals surface area contributed by atoms with E-state index in [9.17, 15) is 4.39 Å². The molecule has 6 heteroatoms. The fraction of sp³-hybridized carbons (Fsp3) is 0.286. The van der Waals surface area contributed by atoms with Gasteiger partial charge in [0.2, 0.25) is 0 Å². The van der Waals surface area contributed by atoms with Crippen LogP contribution in [-0.2, 0) is 0 Å². The molecule has 2 rings (SSSR count). The van der Waals surface area contributed by atoms with E-state index in [2.05, 4.69) is 20.6 Å². The van der Waals surface area contributed by atoms with Crippen molar-refractivity contribution < 1.29 is 4.39 Å². The van der Waals surface area contributed by atoms with Gasteiger partial charge in [0, 0.05) is 12.6 Å². The van der Waals surface area contributed by atoms with Crippen molar-refractivity contribution in [3.63, 3.8) is 0 Å². The van der Waals surface area contributed by atoms with Crippen LogP contribution >= 0.6 is 11.6 Å². The van der Waals surface area contributed by atoms with Crippen molar-refractivity contribution in [1.29, 1.82) is 0 Å². The molecule has 1 heterocycles. The van der Waals surface area contributed by atoms with Gasteiger partial charge in [-0.3, -0.25) is 0 Å². The van der Waals surface area contributed by atoms with Crippen molar-refractivity contribution in [2.75, 3.05) is 17.7 Å². The van der Waals surface area contributed by atoms with E-state index in [1.54, 1.807) is 19.2 Å². The molecule has 0 spiro atoms. The van der Waals surface area contributed by atoms with Crippen LogP contribution in [0.1, 0.15) is 25.3 Å². The first-order chi connectivity index (χ1) is 9.54. The van der Waals surface area contributed by atoms with Crippen LogP contribution in [0.3, 0.4) is 0 Å². The Balaban J connectivity index is 2.49. The lowest BCUT2D eigenvalue weighted by Crippen LogP contribution is -2.07. The summed E-state index contributed by atoms with van der Waals surface area (Å²) in [6.07, 6.45) is 1.43. The highest BCUT2D eigenvalue weighted by Crippen LogP contribution is 2.33. The molecule has 20 heavy (non-hydrogen) atoms. The number of rotatable bonds is 4. The van der Waals surface area contributed by atoms with Gasteiger partial charge < -0.3 is 10.6 Å². The van der Waals surface area contributed by atoms with E-state index in [1.165, 1.54) is 12.4 Å². The largest absolute Gasteiger partial charge is 0.373 e. The highest BCUT2D eigenvalue weighted by molar-refractivity contribution is 6.33. The molecule has 0 saturated carbocycles. The van der Waals surface area contributed by atoms with Crippen LogP contribution in [0.4, 0.5) is 21.7 Å². The Labute approximate surface area is 122 Å². The zero-order valence-electron chi connectivity index (χ0n) is 11.5. The maximum Gasteiger partial charge on any atom is 0.148 e. The quantitative estimate of drug-likeness (QED) is 0.888. The molecule has 2 N–H and O–H groups in total. The van der Waals surface area contributed by atoms with E-state index in [4.69, 9.17) is 11.6 Å². The summed E-state index contributed by atoms with van der Waals surface area (Å²) in [5.74, 6) is 1.01. The van der Waals surface area contributed by atoms with Crippen molar-refractivity contribution in [3.05, 3.63) is 40.9 Å². The minimum Gasteiger partial charge on any atom is -0.373 e. The molecule has 0 bridgehead atoms. The number of hydrogen-bond acceptors (Lipinski definition) is 4. The highest BCUT2D eigenvalue weighted by Gasteiger charge is 2.16. The van der Waals surface area contributed by atoms with Crippen LogP contribution < -0.4 is 10.6 Å². The smallest absolute Gasteiger partial charge is 0.148 e. The summed E-state index contributed by atoms with van der Waals surface area (Å²) in [4.78, 5) is 8.38. The van der Waals surface area contributed by atoms with E-state index in [0.717, 1.165) is 5.56 Å². The van der Waals surface area contributed by atoms with E-state index < -0.39 is 5.82 Å². The molecule has 0 aliphatic heterocycles. The summed E-state index contributed by atoms with van der Waals surface area (Å²) in [6, 6.07) is 4.54. The summed E-state index contributed by atoms with van der Waals surface area (Å²) in [6.45, 7) is 4.04. The van der Waals surface area contributed by atoms with Crippen molar-refractivity contribution >= 4 is 28.9 Å². The van der Waals surface area contributed by atoms with Crippen LogP contribution in [0.15, 0.2) is 24.5 Å². The fourth-order valence-electron chi connectivity index (χ4n) is 1.98. The van der Waals surface area contributed by atoms with E-state index in [-0.39, 0.29) is 11.6 Å². The molecule has 106 valence electrons. The number of benzene rings is 1. The summed E-state index contributed by atoms with van der Waals surface area (Å²) >= 11 is 6.02. The Morgan fingerprint density at radius 3 is 2.50 bits per heavy atom. The zero-order chi connectivity index (χ0) is 14.7. The topological polar surface area (TPSA) is 49.8 Å².